The molecule has 0 fully saturated rings. The number of hydrogen-bond acceptors (Lipinski definition) is 2. The van der Waals surface area contributed by atoms with E-state index in [1.807, 2.05) is 13.8 Å². The van der Waals surface area contributed by atoms with Gasteiger partial charge < -0.3 is 4.57 Å². The molecule has 0 spiro atoms. The maximum absolute atomic E-state index is 12.7. The van der Waals surface area contributed by atoms with Crippen molar-refractivity contribution in [1.29, 1.82) is 0 Å². The lowest BCUT2D eigenvalue weighted by molar-refractivity contribution is -0.141. The van der Waals surface area contributed by atoms with Gasteiger partial charge in [0.1, 0.15) is 0 Å². The van der Waals surface area contributed by atoms with Crippen molar-refractivity contribution in [2.24, 2.45) is 7.05 Å². The quantitative estimate of drug-likeness (QED) is 0.830. The van der Waals surface area contributed by atoms with Crippen molar-refractivity contribution < 1.29 is 13.2 Å². The molecule has 0 aliphatic heterocycles. The first-order valence-electron chi connectivity index (χ1n) is 5.45. The molecule has 0 aliphatic rings. The summed E-state index contributed by atoms with van der Waals surface area (Å²) in [5.41, 5.74) is -0.411. The fraction of sp³-hybridized carbons (Fsp3) is 0.455. The summed E-state index contributed by atoms with van der Waals surface area (Å²) in [5, 5.41) is 3.61. The second-order valence-electron chi connectivity index (χ2n) is 4.36. The SMILES string of the molecule is CC(C)c1cc(C(F)(F)F)nn1-c1nccn1C. The predicted molar refractivity (Wildman–Crippen MR) is 59.4 cm³/mol. The molecule has 0 aliphatic carbocycles. The first kappa shape index (κ1) is 12.7. The largest absolute Gasteiger partial charge is 0.435 e. The lowest BCUT2D eigenvalue weighted by Gasteiger charge is -2.08. The third-order valence-corrected chi connectivity index (χ3v) is 2.60. The lowest BCUT2D eigenvalue weighted by atomic mass is 10.1. The molecule has 2 aromatic rings. The molecule has 0 N–H and O–H groups in total. The molecule has 2 heterocycles. The Morgan fingerprint density at radius 1 is 1.28 bits per heavy atom. The van der Waals surface area contributed by atoms with Gasteiger partial charge in [0, 0.05) is 19.4 Å². The van der Waals surface area contributed by atoms with E-state index in [0.717, 1.165) is 6.07 Å². The van der Waals surface area contributed by atoms with Gasteiger partial charge in [-0.1, -0.05) is 13.8 Å². The van der Waals surface area contributed by atoms with Gasteiger partial charge in [-0.25, -0.2) is 9.67 Å². The van der Waals surface area contributed by atoms with Crippen LogP contribution in [0.3, 0.4) is 0 Å². The van der Waals surface area contributed by atoms with Crippen LogP contribution in [-0.2, 0) is 13.2 Å². The molecule has 18 heavy (non-hydrogen) atoms. The van der Waals surface area contributed by atoms with E-state index in [-0.39, 0.29) is 5.92 Å². The fourth-order valence-corrected chi connectivity index (χ4v) is 1.67. The van der Waals surface area contributed by atoms with Crippen molar-refractivity contribution in [2.75, 3.05) is 0 Å². The van der Waals surface area contributed by atoms with Crippen LogP contribution in [0.15, 0.2) is 18.5 Å². The molecule has 2 rings (SSSR count). The number of rotatable bonds is 2. The molecule has 0 saturated carbocycles. The Bertz CT molecular complexity index is 551. The van der Waals surface area contributed by atoms with E-state index in [2.05, 4.69) is 10.1 Å². The van der Waals surface area contributed by atoms with Gasteiger partial charge in [0.2, 0.25) is 5.95 Å². The van der Waals surface area contributed by atoms with Gasteiger partial charge in [0.05, 0.1) is 5.69 Å². The highest BCUT2D eigenvalue weighted by Crippen LogP contribution is 2.31. The van der Waals surface area contributed by atoms with Crippen LogP contribution >= 0.6 is 0 Å². The van der Waals surface area contributed by atoms with E-state index in [4.69, 9.17) is 0 Å². The van der Waals surface area contributed by atoms with Crippen molar-refractivity contribution >= 4 is 0 Å². The summed E-state index contributed by atoms with van der Waals surface area (Å²) < 4.78 is 40.9. The summed E-state index contributed by atoms with van der Waals surface area (Å²) in [4.78, 5) is 4.02. The Morgan fingerprint density at radius 2 is 1.94 bits per heavy atom. The van der Waals surface area contributed by atoms with Crippen molar-refractivity contribution in [2.45, 2.75) is 25.9 Å². The van der Waals surface area contributed by atoms with Crippen LogP contribution in [0.25, 0.3) is 5.95 Å². The van der Waals surface area contributed by atoms with E-state index in [0.29, 0.717) is 11.6 Å². The van der Waals surface area contributed by atoms with Gasteiger partial charge in [-0.15, -0.1) is 0 Å². The van der Waals surface area contributed by atoms with Gasteiger partial charge >= 0.3 is 6.18 Å². The summed E-state index contributed by atoms with van der Waals surface area (Å²) >= 11 is 0. The lowest BCUT2D eigenvalue weighted by Crippen LogP contribution is -2.11. The second-order valence-corrected chi connectivity index (χ2v) is 4.36. The minimum Gasteiger partial charge on any atom is -0.319 e. The number of nitrogens with zero attached hydrogens (tertiary/aromatic N) is 4. The number of halogens is 3. The molecule has 0 saturated heterocycles. The van der Waals surface area contributed by atoms with Crippen LogP contribution in [0.4, 0.5) is 13.2 Å². The average Bonchev–Trinajstić information content (AvgIpc) is 2.81. The van der Waals surface area contributed by atoms with Crippen LogP contribution in [0.5, 0.6) is 0 Å². The van der Waals surface area contributed by atoms with Crippen molar-refractivity contribution in [3.05, 3.63) is 29.8 Å². The van der Waals surface area contributed by atoms with E-state index in [1.165, 1.54) is 10.9 Å². The first-order chi connectivity index (χ1) is 8.30. The zero-order valence-electron chi connectivity index (χ0n) is 10.2. The van der Waals surface area contributed by atoms with Crippen molar-refractivity contribution in [3.63, 3.8) is 0 Å². The standard InChI is InChI=1S/C11H13F3N4/c1-7(2)8-6-9(11(12,13)14)16-18(8)10-15-4-5-17(10)3/h4-7H,1-3H3. The topological polar surface area (TPSA) is 35.6 Å². The summed E-state index contributed by atoms with van der Waals surface area (Å²) in [7, 11) is 1.71. The first-order valence-corrected chi connectivity index (χ1v) is 5.45. The molecule has 2 aromatic heterocycles. The molecule has 0 atom stereocenters. The monoisotopic (exact) mass is 258 g/mol. The van der Waals surface area contributed by atoms with Crippen LogP contribution in [-0.4, -0.2) is 19.3 Å². The second kappa shape index (κ2) is 4.15. The van der Waals surface area contributed by atoms with Crippen LogP contribution < -0.4 is 0 Å². The summed E-state index contributed by atoms with van der Waals surface area (Å²) in [6, 6.07) is 1.07. The predicted octanol–water partition coefficient (Wildman–Crippen LogP) is 2.75. The highest BCUT2D eigenvalue weighted by molar-refractivity contribution is 5.24. The smallest absolute Gasteiger partial charge is 0.319 e. The molecular weight excluding hydrogens is 245 g/mol. The van der Waals surface area contributed by atoms with Crippen molar-refractivity contribution in [3.8, 4) is 5.95 Å². The van der Waals surface area contributed by atoms with E-state index >= 15 is 0 Å². The highest BCUT2D eigenvalue weighted by Gasteiger charge is 2.35. The van der Waals surface area contributed by atoms with E-state index < -0.39 is 11.9 Å². The Kier molecular flexibility index (Phi) is 2.92. The Hall–Kier alpha value is -1.79. The fourth-order valence-electron chi connectivity index (χ4n) is 1.67. The molecular formula is C11H13F3N4. The minimum atomic E-state index is -4.44. The Labute approximate surface area is 102 Å². The molecule has 7 heteroatoms. The number of aromatic nitrogens is 4. The van der Waals surface area contributed by atoms with Crippen LogP contribution in [0.1, 0.15) is 31.2 Å². The third-order valence-electron chi connectivity index (χ3n) is 2.60. The number of alkyl halides is 3. The average molecular weight is 258 g/mol. The molecule has 4 nitrogen and oxygen atoms in total. The number of hydrogen-bond donors (Lipinski definition) is 0. The molecule has 98 valence electrons. The van der Waals surface area contributed by atoms with Gasteiger partial charge in [-0.05, 0) is 12.0 Å². The number of aryl methyl sites for hydroxylation is 1. The molecule has 0 bridgehead atoms. The van der Waals surface area contributed by atoms with Gasteiger partial charge in [-0.3, -0.25) is 0 Å². The third kappa shape index (κ3) is 2.12. The Balaban J connectivity index is 2.60. The maximum atomic E-state index is 12.7. The maximum Gasteiger partial charge on any atom is 0.435 e. The van der Waals surface area contributed by atoms with E-state index in [9.17, 15) is 13.2 Å². The summed E-state index contributed by atoms with van der Waals surface area (Å²) in [6.45, 7) is 3.63. The van der Waals surface area contributed by atoms with E-state index in [1.54, 1.807) is 17.8 Å². The zero-order valence-corrected chi connectivity index (χ0v) is 10.2. The molecule has 0 aromatic carbocycles. The Morgan fingerprint density at radius 3 is 2.39 bits per heavy atom. The van der Waals surface area contributed by atoms with Gasteiger partial charge in [0.25, 0.3) is 0 Å². The number of imidazole rings is 1. The molecule has 0 amide bonds. The van der Waals surface area contributed by atoms with Gasteiger partial charge in [0.15, 0.2) is 5.69 Å². The summed E-state index contributed by atoms with van der Waals surface area (Å²) in [5.74, 6) is 0.291. The van der Waals surface area contributed by atoms with Crippen molar-refractivity contribution in [1.82, 2.24) is 19.3 Å². The zero-order chi connectivity index (χ0) is 13.5. The van der Waals surface area contributed by atoms with Gasteiger partial charge in [-0.2, -0.15) is 18.3 Å². The molecule has 0 unspecified atom stereocenters. The normalized spacial score (nSPS) is 12.4. The molecule has 0 radical (unpaired) electrons. The highest BCUT2D eigenvalue weighted by atomic mass is 19.4. The van der Waals surface area contributed by atoms with Crippen LogP contribution in [0, 0.1) is 0 Å². The van der Waals surface area contributed by atoms with Crippen LogP contribution in [0.2, 0.25) is 0 Å². The minimum absolute atomic E-state index is 0.0784. The summed E-state index contributed by atoms with van der Waals surface area (Å²) in [6.07, 6.45) is -1.26.